The first kappa shape index (κ1) is 16.1. The molecule has 6 heteroatoms. The zero-order valence-corrected chi connectivity index (χ0v) is 13.8. The molecule has 5 nitrogen and oxygen atoms in total. The highest BCUT2D eigenvalue weighted by atomic mass is 35.5. The minimum Gasteiger partial charge on any atom is -0.383 e. The lowest BCUT2D eigenvalue weighted by Crippen LogP contribution is -2.61. The maximum absolute atomic E-state index is 6.52. The summed E-state index contributed by atoms with van der Waals surface area (Å²) in [4.78, 5) is 4.08. The molecule has 2 atom stereocenters. The first-order valence-electron chi connectivity index (χ1n) is 7.53. The number of rotatable bonds is 4. The fourth-order valence-electron chi connectivity index (χ4n) is 3.00. The summed E-state index contributed by atoms with van der Waals surface area (Å²) in [6.45, 7) is 1.26. The molecular weight excluding hydrogens is 312 g/mol. The van der Waals surface area contributed by atoms with Gasteiger partial charge >= 0.3 is 0 Å². The van der Waals surface area contributed by atoms with Crippen LogP contribution in [-0.2, 0) is 4.74 Å². The predicted octanol–water partition coefficient (Wildman–Crippen LogP) is 2.51. The average molecular weight is 333 g/mol. The van der Waals surface area contributed by atoms with Crippen molar-refractivity contribution in [3.05, 3.63) is 59.1 Å². The molecule has 0 saturated carbocycles. The summed E-state index contributed by atoms with van der Waals surface area (Å²) >= 11 is 6.14. The number of methoxy groups -OCH3 is 1. The number of anilines is 2. The van der Waals surface area contributed by atoms with Gasteiger partial charge in [0.05, 0.1) is 6.61 Å². The molecule has 0 aliphatic carbocycles. The van der Waals surface area contributed by atoms with Crippen molar-refractivity contribution < 1.29 is 4.74 Å². The smallest absolute Gasteiger partial charge is 0.157 e. The third-order valence-electron chi connectivity index (χ3n) is 4.11. The highest BCUT2D eigenvalue weighted by Crippen LogP contribution is 2.37. The second-order valence-electron chi connectivity index (χ2n) is 5.49. The van der Waals surface area contributed by atoms with Gasteiger partial charge in [0.15, 0.2) is 6.29 Å². The van der Waals surface area contributed by atoms with Crippen LogP contribution in [-0.4, -0.2) is 26.6 Å². The highest BCUT2D eigenvalue weighted by molar-refractivity contribution is 6.30. The monoisotopic (exact) mass is 332 g/mol. The Morgan fingerprint density at radius 2 is 1.91 bits per heavy atom. The van der Waals surface area contributed by atoms with Crippen LogP contribution in [0.3, 0.4) is 0 Å². The van der Waals surface area contributed by atoms with Gasteiger partial charge in [-0.2, -0.15) is 0 Å². The van der Waals surface area contributed by atoms with Gasteiger partial charge in [-0.1, -0.05) is 35.9 Å². The van der Waals surface area contributed by atoms with E-state index in [0.717, 1.165) is 16.9 Å². The van der Waals surface area contributed by atoms with Crippen molar-refractivity contribution in [1.82, 2.24) is 0 Å². The van der Waals surface area contributed by atoms with E-state index in [-0.39, 0.29) is 6.17 Å². The van der Waals surface area contributed by atoms with Crippen LogP contribution in [0.1, 0.15) is 11.7 Å². The molecular formula is C17H21ClN4O. The van der Waals surface area contributed by atoms with Crippen molar-refractivity contribution >= 4 is 23.0 Å². The summed E-state index contributed by atoms with van der Waals surface area (Å²) < 4.78 is 5.23. The van der Waals surface area contributed by atoms with E-state index in [1.807, 2.05) is 53.4 Å². The maximum Gasteiger partial charge on any atom is 0.157 e. The molecule has 0 bridgehead atoms. The molecule has 2 aromatic rings. The number of hydrogen-bond donors (Lipinski definition) is 2. The van der Waals surface area contributed by atoms with Crippen LogP contribution >= 0.6 is 11.6 Å². The van der Waals surface area contributed by atoms with E-state index >= 15 is 0 Å². The number of nitrogens with zero attached hydrogens (tertiary/aromatic N) is 2. The Morgan fingerprint density at radius 1 is 1.13 bits per heavy atom. The standard InChI is InChI=1S/C17H21ClN4O/c1-23-10-9-21-15-8-3-2-7-14(15)16(19)22(17(21)20)13-6-4-5-12(18)11-13/h2-8,11,16-17H,9-10,19-20H2,1H3. The van der Waals surface area contributed by atoms with Gasteiger partial charge in [0, 0.05) is 35.6 Å². The Kier molecular flexibility index (Phi) is 4.73. The van der Waals surface area contributed by atoms with E-state index in [0.29, 0.717) is 18.2 Å². The zero-order chi connectivity index (χ0) is 16.4. The van der Waals surface area contributed by atoms with Crippen molar-refractivity contribution in [2.75, 3.05) is 30.1 Å². The molecule has 2 aromatic carbocycles. The summed E-state index contributed by atoms with van der Waals surface area (Å²) in [6.07, 6.45) is -0.730. The molecule has 1 aliphatic rings. The number of nitrogens with two attached hydrogens (primary N) is 2. The average Bonchev–Trinajstić information content (AvgIpc) is 2.55. The zero-order valence-electron chi connectivity index (χ0n) is 13.0. The van der Waals surface area contributed by atoms with Gasteiger partial charge in [0.1, 0.15) is 6.17 Å². The quantitative estimate of drug-likeness (QED) is 0.900. The number of ether oxygens (including phenoxy) is 1. The van der Waals surface area contributed by atoms with Crippen molar-refractivity contribution in [3.63, 3.8) is 0 Å². The Hall–Kier alpha value is -1.79. The minimum atomic E-state index is -0.395. The molecule has 122 valence electrons. The Labute approximate surface area is 141 Å². The van der Waals surface area contributed by atoms with Crippen molar-refractivity contribution in [3.8, 4) is 0 Å². The van der Waals surface area contributed by atoms with E-state index in [9.17, 15) is 0 Å². The second kappa shape index (κ2) is 6.76. The molecule has 0 saturated heterocycles. The SMILES string of the molecule is COCCN1c2ccccc2C(N)N(c2cccc(Cl)c2)C1N. The lowest BCUT2D eigenvalue weighted by Gasteiger charge is -2.48. The number of fused-ring (bicyclic) bond motifs is 1. The number of para-hydroxylation sites is 1. The Balaban J connectivity index is 2.05. The van der Waals surface area contributed by atoms with E-state index in [1.165, 1.54) is 0 Å². The third kappa shape index (κ3) is 3.01. The summed E-state index contributed by atoms with van der Waals surface area (Å²) in [5.41, 5.74) is 16.0. The van der Waals surface area contributed by atoms with Gasteiger partial charge in [0.25, 0.3) is 0 Å². The summed E-state index contributed by atoms with van der Waals surface area (Å²) in [5, 5.41) is 0.657. The molecule has 23 heavy (non-hydrogen) atoms. The van der Waals surface area contributed by atoms with Crippen molar-refractivity contribution in [2.45, 2.75) is 12.5 Å². The summed E-state index contributed by atoms with van der Waals surface area (Å²) in [6, 6.07) is 15.6. The molecule has 0 radical (unpaired) electrons. The number of benzene rings is 2. The van der Waals surface area contributed by atoms with Crippen LogP contribution < -0.4 is 21.3 Å². The molecule has 3 rings (SSSR count). The van der Waals surface area contributed by atoms with Crippen LogP contribution in [0.4, 0.5) is 11.4 Å². The summed E-state index contributed by atoms with van der Waals surface area (Å²) in [5.74, 6) is 0. The normalized spacial score (nSPS) is 20.5. The largest absolute Gasteiger partial charge is 0.383 e. The lowest BCUT2D eigenvalue weighted by molar-refractivity contribution is 0.201. The van der Waals surface area contributed by atoms with Gasteiger partial charge < -0.3 is 20.3 Å². The first-order valence-corrected chi connectivity index (χ1v) is 7.91. The molecule has 0 aromatic heterocycles. The third-order valence-corrected chi connectivity index (χ3v) is 4.35. The molecule has 0 spiro atoms. The van der Waals surface area contributed by atoms with Crippen molar-refractivity contribution in [1.29, 1.82) is 0 Å². The maximum atomic E-state index is 6.52. The molecule has 2 unspecified atom stereocenters. The van der Waals surface area contributed by atoms with Gasteiger partial charge in [-0.3, -0.25) is 5.73 Å². The van der Waals surface area contributed by atoms with Crippen LogP contribution in [0, 0.1) is 0 Å². The predicted molar refractivity (Wildman–Crippen MR) is 94.5 cm³/mol. The van der Waals surface area contributed by atoms with E-state index in [1.54, 1.807) is 7.11 Å². The first-order chi connectivity index (χ1) is 11.1. The van der Waals surface area contributed by atoms with Gasteiger partial charge in [-0.15, -0.1) is 0 Å². The van der Waals surface area contributed by atoms with Gasteiger partial charge in [-0.05, 0) is 24.3 Å². The fraction of sp³-hybridized carbons (Fsp3) is 0.294. The number of hydrogen-bond acceptors (Lipinski definition) is 5. The van der Waals surface area contributed by atoms with E-state index < -0.39 is 6.29 Å². The molecule has 4 N–H and O–H groups in total. The molecule has 0 amide bonds. The molecule has 1 aliphatic heterocycles. The lowest BCUT2D eigenvalue weighted by atomic mass is 10.0. The van der Waals surface area contributed by atoms with Gasteiger partial charge in [0.2, 0.25) is 0 Å². The Morgan fingerprint density at radius 3 is 2.65 bits per heavy atom. The van der Waals surface area contributed by atoms with Crippen LogP contribution in [0.25, 0.3) is 0 Å². The summed E-state index contributed by atoms with van der Waals surface area (Å²) in [7, 11) is 1.68. The van der Waals surface area contributed by atoms with E-state index in [2.05, 4.69) is 4.90 Å². The van der Waals surface area contributed by atoms with Crippen LogP contribution in [0.5, 0.6) is 0 Å². The second-order valence-corrected chi connectivity index (χ2v) is 5.93. The fourth-order valence-corrected chi connectivity index (χ4v) is 3.18. The molecule has 0 fully saturated rings. The van der Waals surface area contributed by atoms with Gasteiger partial charge in [-0.25, -0.2) is 0 Å². The highest BCUT2D eigenvalue weighted by Gasteiger charge is 2.35. The topological polar surface area (TPSA) is 67.8 Å². The van der Waals surface area contributed by atoms with E-state index in [4.69, 9.17) is 27.8 Å². The minimum absolute atomic E-state index is 0.335. The van der Waals surface area contributed by atoms with Crippen molar-refractivity contribution in [2.24, 2.45) is 11.5 Å². The Bertz CT molecular complexity index is 681. The molecule has 1 heterocycles. The van der Waals surface area contributed by atoms with Crippen LogP contribution in [0.2, 0.25) is 5.02 Å². The number of halogens is 1. The van der Waals surface area contributed by atoms with Crippen LogP contribution in [0.15, 0.2) is 48.5 Å².